The van der Waals surface area contributed by atoms with E-state index in [1.165, 1.54) is 6.20 Å². The number of likely N-dealkylation sites (tertiary alicyclic amines) is 1. The highest BCUT2D eigenvalue weighted by atomic mass is 35.5. The normalized spacial score (nSPS) is 17.2. The second kappa shape index (κ2) is 5.47. The molecule has 1 fully saturated rings. The monoisotopic (exact) mass is 254 g/mol. The maximum absolute atomic E-state index is 12.2. The van der Waals surface area contributed by atoms with Gasteiger partial charge in [0.15, 0.2) is 0 Å². The van der Waals surface area contributed by atoms with Crippen LogP contribution in [0, 0.1) is 5.92 Å². The number of aromatic nitrogens is 1. The Morgan fingerprint density at radius 2 is 2.24 bits per heavy atom. The molecule has 17 heavy (non-hydrogen) atoms. The van der Waals surface area contributed by atoms with Crippen LogP contribution in [0.4, 0.5) is 0 Å². The largest absolute Gasteiger partial charge is 0.396 e. The molecule has 1 aliphatic rings. The molecule has 92 valence electrons. The molecule has 1 aliphatic heterocycles. The second-order valence-corrected chi connectivity index (χ2v) is 4.68. The number of hydrogen-bond acceptors (Lipinski definition) is 3. The smallest absolute Gasteiger partial charge is 0.256 e. The summed E-state index contributed by atoms with van der Waals surface area (Å²) in [7, 11) is 0. The molecule has 1 amide bonds. The van der Waals surface area contributed by atoms with Gasteiger partial charge in [0.2, 0.25) is 0 Å². The molecule has 1 N–H and O–H groups in total. The zero-order valence-corrected chi connectivity index (χ0v) is 10.2. The predicted octanol–water partition coefficient (Wildman–Crippen LogP) is 1.58. The van der Waals surface area contributed by atoms with Crippen LogP contribution in [0.15, 0.2) is 18.5 Å². The number of carbonyl (C=O) groups excluding carboxylic acids is 1. The number of pyridine rings is 1. The van der Waals surface area contributed by atoms with Crippen molar-refractivity contribution in [3.05, 3.63) is 29.0 Å². The van der Waals surface area contributed by atoms with Crippen LogP contribution in [-0.2, 0) is 0 Å². The molecule has 0 spiro atoms. The van der Waals surface area contributed by atoms with Crippen LogP contribution >= 0.6 is 11.6 Å². The van der Waals surface area contributed by atoms with E-state index < -0.39 is 0 Å². The first-order valence-electron chi connectivity index (χ1n) is 5.72. The highest BCUT2D eigenvalue weighted by Crippen LogP contribution is 2.21. The van der Waals surface area contributed by atoms with E-state index in [1.54, 1.807) is 17.2 Å². The van der Waals surface area contributed by atoms with Gasteiger partial charge in [0.1, 0.15) is 0 Å². The van der Waals surface area contributed by atoms with Gasteiger partial charge in [-0.2, -0.15) is 0 Å². The molecule has 0 unspecified atom stereocenters. The zero-order valence-electron chi connectivity index (χ0n) is 9.47. The molecule has 2 rings (SSSR count). The molecular weight excluding hydrogens is 240 g/mol. The molecule has 1 aromatic heterocycles. The summed E-state index contributed by atoms with van der Waals surface area (Å²) in [5, 5.41) is 9.48. The number of carbonyl (C=O) groups is 1. The van der Waals surface area contributed by atoms with Crippen molar-refractivity contribution < 1.29 is 9.90 Å². The number of hydrogen-bond donors (Lipinski definition) is 1. The fraction of sp³-hybridized carbons (Fsp3) is 0.500. The van der Waals surface area contributed by atoms with E-state index in [0.29, 0.717) is 29.6 Å². The Morgan fingerprint density at radius 3 is 2.82 bits per heavy atom. The van der Waals surface area contributed by atoms with Crippen LogP contribution < -0.4 is 0 Å². The Morgan fingerprint density at radius 1 is 1.53 bits per heavy atom. The Labute approximate surface area is 105 Å². The summed E-state index contributed by atoms with van der Waals surface area (Å²) < 4.78 is 0. The molecular formula is C12H15ClN2O2. The van der Waals surface area contributed by atoms with E-state index >= 15 is 0 Å². The highest BCUT2D eigenvalue weighted by molar-refractivity contribution is 6.33. The zero-order chi connectivity index (χ0) is 12.3. The number of piperidine rings is 1. The molecule has 0 saturated carbocycles. The second-order valence-electron chi connectivity index (χ2n) is 4.27. The first-order valence-corrected chi connectivity index (χ1v) is 6.10. The van der Waals surface area contributed by atoms with Gasteiger partial charge in [-0.05, 0) is 24.8 Å². The molecule has 4 nitrogen and oxygen atoms in total. The number of aliphatic hydroxyl groups excluding tert-OH is 1. The van der Waals surface area contributed by atoms with Gasteiger partial charge in [0.25, 0.3) is 5.91 Å². The molecule has 0 radical (unpaired) electrons. The fourth-order valence-corrected chi connectivity index (χ4v) is 2.21. The minimum atomic E-state index is -0.0699. The van der Waals surface area contributed by atoms with E-state index in [9.17, 15) is 4.79 Å². The molecule has 0 aliphatic carbocycles. The summed E-state index contributed by atoms with van der Waals surface area (Å²) in [6.07, 6.45) is 4.76. The van der Waals surface area contributed by atoms with Crippen molar-refractivity contribution >= 4 is 17.5 Å². The summed E-state index contributed by atoms with van der Waals surface area (Å²) in [6, 6.07) is 1.62. The van der Waals surface area contributed by atoms with Gasteiger partial charge in [-0.3, -0.25) is 9.78 Å². The summed E-state index contributed by atoms with van der Waals surface area (Å²) >= 11 is 5.97. The lowest BCUT2D eigenvalue weighted by Gasteiger charge is -2.31. The molecule has 0 atom stereocenters. The minimum absolute atomic E-state index is 0.0699. The molecule has 1 saturated heterocycles. The van der Waals surface area contributed by atoms with Crippen molar-refractivity contribution in [2.24, 2.45) is 5.92 Å². The Hall–Kier alpha value is -1.13. The molecule has 1 aromatic rings. The van der Waals surface area contributed by atoms with E-state index in [4.69, 9.17) is 16.7 Å². The summed E-state index contributed by atoms with van der Waals surface area (Å²) in [6.45, 7) is 1.56. The van der Waals surface area contributed by atoms with E-state index in [1.807, 2.05) is 0 Å². The summed E-state index contributed by atoms with van der Waals surface area (Å²) in [5.74, 6) is 0.253. The van der Waals surface area contributed by atoms with Crippen molar-refractivity contribution in [3.8, 4) is 0 Å². The van der Waals surface area contributed by atoms with Crippen molar-refractivity contribution in [2.75, 3.05) is 19.7 Å². The third-order valence-corrected chi connectivity index (χ3v) is 3.49. The maximum atomic E-state index is 12.2. The number of rotatable bonds is 2. The van der Waals surface area contributed by atoms with Crippen molar-refractivity contribution in [1.82, 2.24) is 9.88 Å². The Balaban J connectivity index is 2.04. The molecule has 5 heteroatoms. The minimum Gasteiger partial charge on any atom is -0.396 e. The maximum Gasteiger partial charge on any atom is 0.256 e. The number of nitrogens with zero attached hydrogens (tertiary/aromatic N) is 2. The van der Waals surface area contributed by atoms with Crippen molar-refractivity contribution in [1.29, 1.82) is 0 Å². The molecule has 0 bridgehead atoms. The van der Waals surface area contributed by atoms with Crippen molar-refractivity contribution in [2.45, 2.75) is 12.8 Å². The third kappa shape index (κ3) is 2.76. The first-order chi connectivity index (χ1) is 8.22. The van der Waals surface area contributed by atoms with Gasteiger partial charge in [-0.15, -0.1) is 0 Å². The topological polar surface area (TPSA) is 53.4 Å². The number of aliphatic hydroxyl groups is 1. The summed E-state index contributed by atoms with van der Waals surface area (Å²) in [5.41, 5.74) is 0.455. The predicted molar refractivity (Wildman–Crippen MR) is 65.0 cm³/mol. The van der Waals surface area contributed by atoms with Gasteiger partial charge in [-0.25, -0.2) is 0 Å². The third-order valence-electron chi connectivity index (χ3n) is 3.16. The van der Waals surface area contributed by atoms with Gasteiger partial charge in [-0.1, -0.05) is 11.6 Å². The molecule has 0 aromatic carbocycles. The van der Waals surface area contributed by atoms with Crippen LogP contribution in [0.5, 0.6) is 0 Å². The SMILES string of the molecule is O=C(c1cnccc1Cl)N1CCC(CO)CC1. The van der Waals surface area contributed by atoms with Crippen LogP contribution in [-0.4, -0.2) is 40.6 Å². The van der Waals surface area contributed by atoms with Crippen LogP contribution in [0.25, 0.3) is 0 Å². The lowest BCUT2D eigenvalue weighted by Crippen LogP contribution is -2.39. The fourth-order valence-electron chi connectivity index (χ4n) is 2.02. The standard InChI is InChI=1S/C12H15ClN2O2/c13-11-1-4-14-7-10(11)12(17)15-5-2-9(8-16)3-6-15/h1,4,7,9,16H,2-3,5-6,8H2. The lowest BCUT2D eigenvalue weighted by molar-refractivity contribution is 0.0650. The van der Waals surface area contributed by atoms with E-state index in [0.717, 1.165) is 12.8 Å². The van der Waals surface area contributed by atoms with E-state index in [-0.39, 0.29) is 12.5 Å². The van der Waals surface area contributed by atoms with Crippen LogP contribution in [0.3, 0.4) is 0 Å². The lowest BCUT2D eigenvalue weighted by atomic mass is 9.97. The van der Waals surface area contributed by atoms with E-state index in [2.05, 4.69) is 4.98 Å². The molecule has 2 heterocycles. The number of halogens is 1. The quantitative estimate of drug-likeness (QED) is 0.872. The van der Waals surface area contributed by atoms with Gasteiger partial charge in [0.05, 0.1) is 10.6 Å². The van der Waals surface area contributed by atoms with Gasteiger partial charge < -0.3 is 10.0 Å². The average molecular weight is 255 g/mol. The Kier molecular flexibility index (Phi) is 3.97. The van der Waals surface area contributed by atoms with Gasteiger partial charge in [0, 0.05) is 32.1 Å². The highest BCUT2D eigenvalue weighted by Gasteiger charge is 2.24. The van der Waals surface area contributed by atoms with Crippen LogP contribution in [0.2, 0.25) is 5.02 Å². The summed E-state index contributed by atoms with van der Waals surface area (Å²) in [4.78, 5) is 17.8. The van der Waals surface area contributed by atoms with Gasteiger partial charge >= 0.3 is 0 Å². The van der Waals surface area contributed by atoms with Crippen LogP contribution in [0.1, 0.15) is 23.2 Å². The first kappa shape index (κ1) is 12.3. The number of amides is 1. The van der Waals surface area contributed by atoms with Crippen molar-refractivity contribution in [3.63, 3.8) is 0 Å². The average Bonchev–Trinajstić information content (AvgIpc) is 2.39. The Bertz CT molecular complexity index is 403.